The predicted molar refractivity (Wildman–Crippen MR) is 83.7 cm³/mol. The normalized spacial score (nSPS) is 10.4. The number of anilines is 1. The molecule has 0 amide bonds. The number of esters is 1. The lowest BCUT2D eigenvalue weighted by atomic mass is 10.1. The average molecular weight is 301 g/mol. The van der Waals surface area contributed by atoms with Gasteiger partial charge in [-0.25, -0.2) is 14.8 Å². The molecule has 0 saturated carbocycles. The third-order valence-electron chi connectivity index (χ3n) is 3.06. The topological polar surface area (TPSA) is 75.5 Å². The Morgan fingerprint density at radius 1 is 1.36 bits per heavy atom. The van der Waals surface area contributed by atoms with Crippen LogP contribution >= 0.6 is 0 Å². The number of hydrogen-bond donors (Lipinski definition) is 1. The standard InChI is InChI=1S/C16H19N3O3/c1-4-22-16(21)13-9-17-14(18-15(13)19(2)3)12-7-5-6-11(8-12)10-20/h5-9,20H,4,10H2,1-3H3. The van der Waals surface area contributed by atoms with Gasteiger partial charge in [-0.05, 0) is 18.6 Å². The van der Waals surface area contributed by atoms with E-state index >= 15 is 0 Å². The summed E-state index contributed by atoms with van der Waals surface area (Å²) in [6, 6.07) is 7.33. The third kappa shape index (κ3) is 3.40. The molecule has 6 heteroatoms. The summed E-state index contributed by atoms with van der Waals surface area (Å²) in [5, 5.41) is 9.22. The molecule has 2 rings (SSSR count). The fourth-order valence-corrected chi connectivity index (χ4v) is 2.01. The number of benzene rings is 1. The van der Waals surface area contributed by atoms with Gasteiger partial charge in [0.05, 0.1) is 13.2 Å². The Kier molecular flexibility index (Phi) is 5.06. The Hall–Kier alpha value is -2.47. The molecule has 0 atom stereocenters. The second kappa shape index (κ2) is 7.00. The lowest BCUT2D eigenvalue weighted by Gasteiger charge is -2.16. The van der Waals surface area contributed by atoms with E-state index in [1.165, 1.54) is 6.20 Å². The van der Waals surface area contributed by atoms with E-state index in [0.29, 0.717) is 23.8 Å². The highest BCUT2D eigenvalue weighted by atomic mass is 16.5. The van der Waals surface area contributed by atoms with Gasteiger partial charge in [-0.1, -0.05) is 18.2 Å². The molecule has 1 heterocycles. The van der Waals surface area contributed by atoms with E-state index in [1.807, 2.05) is 24.3 Å². The first-order chi connectivity index (χ1) is 10.6. The molecule has 0 saturated heterocycles. The maximum atomic E-state index is 12.0. The van der Waals surface area contributed by atoms with Crippen LogP contribution in [-0.2, 0) is 11.3 Å². The van der Waals surface area contributed by atoms with Crippen LogP contribution in [0.25, 0.3) is 11.4 Å². The molecule has 0 bridgehead atoms. The van der Waals surface area contributed by atoms with Crippen molar-refractivity contribution < 1.29 is 14.6 Å². The highest BCUT2D eigenvalue weighted by Gasteiger charge is 2.18. The lowest BCUT2D eigenvalue weighted by molar-refractivity contribution is 0.0526. The number of carbonyl (C=O) groups is 1. The van der Waals surface area contributed by atoms with E-state index in [0.717, 1.165) is 11.1 Å². The molecular formula is C16H19N3O3. The smallest absolute Gasteiger partial charge is 0.343 e. The number of rotatable bonds is 5. The van der Waals surface area contributed by atoms with Crippen molar-refractivity contribution in [3.63, 3.8) is 0 Å². The maximum Gasteiger partial charge on any atom is 0.343 e. The van der Waals surface area contributed by atoms with Crippen molar-refractivity contribution in [3.8, 4) is 11.4 Å². The molecule has 2 aromatic rings. The number of nitrogens with zero attached hydrogens (tertiary/aromatic N) is 3. The minimum absolute atomic E-state index is 0.0463. The molecule has 1 N–H and O–H groups in total. The zero-order valence-electron chi connectivity index (χ0n) is 12.9. The molecule has 1 aromatic carbocycles. The van der Waals surface area contributed by atoms with Crippen LogP contribution in [0, 0.1) is 0 Å². The van der Waals surface area contributed by atoms with Crippen molar-refractivity contribution >= 4 is 11.8 Å². The van der Waals surface area contributed by atoms with Crippen LogP contribution in [0.15, 0.2) is 30.5 Å². The fourth-order valence-electron chi connectivity index (χ4n) is 2.01. The van der Waals surface area contributed by atoms with Crippen molar-refractivity contribution in [2.24, 2.45) is 0 Å². The molecular weight excluding hydrogens is 282 g/mol. The number of carbonyl (C=O) groups excluding carboxylic acids is 1. The van der Waals surface area contributed by atoms with E-state index in [1.54, 1.807) is 25.9 Å². The number of aromatic nitrogens is 2. The number of aliphatic hydroxyl groups excluding tert-OH is 1. The van der Waals surface area contributed by atoms with Gasteiger partial charge in [0.2, 0.25) is 0 Å². The van der Waals surface area contributed by atoms with E-state index in [4.69, 9.17) is 4.74 Å². The molecule has 0 aliphatic rings. The fraction of sp³-hybridized carbons (Fsp3) is 0.312. The summed E-state index contributed by atoms with van der Waals surface area (Å²) in [5.74, 6) is 0.548. The number of aliphatic hydroxyl groups is 1. The minimum Gasteiger partial charge on any atom is -0.462 e. The zero-order chi connectivity index (χ0) is 16.1. The van der Waals surface area contributed by atoms with Gasteiger partial charge in [0, 0.05) is 25.9 Å². The van der Waals surface area contributed by atoms with Gasteiger partial charge in [-0.2, -0.15) is 0 Å². The number of hydrogen-bond acceptors (Lipinski definition) is 6. The van der Waals surface area contributed by atoms with Gasteiger partial charge in [0.15, 0.2) is 5.82 Å². The summed E-state index contributed by atoms with van der Waals surface area (Å²) in [6.07, 6.45) is 1.47. The molecule has 6 nitrogen and oxygen atoms in total. The molecule has 0 aliphatic carbocycles. The SMILES string of the molecule is CCOC(=O)c1cnc(-c2cccc(CO)c2)nc1N(C)C. The lowest BCUT2D eigenvalue weighted by Crippen LogP contribution is -2.18. The van der Waals surface area contributed by atoms with Crippen LogP contribution in [0.5, 0.6) is 0 Å². The summed E-state index contributed by atoms with van der Waals surface area (Å²) in [4.78, 5) is 22.4. The Morgan fingerprint density at radius 2 is 2.14 bits per heavy atom. The second-order valence-corrected chi connectivity index (χ2v) is 4.90. The molecule has 116 valence electrons. The first-order valence-electron chi connectivity index (χ1n) is 6.98. The molecule has 0 unspecified atom stereocenters. The summed E-state index contributed by atoms with van der Waals surface area (Å²) >= 11 is 0. The van der Waals surface area contributed by atoms with Gasteiger partial charge in [-0.3, -0.25) is 0 Å². The van der Waals surface area contributed by atoms with E-state index in [9.17, 15) is 9.90 Å². The second-order valence-electron chi connectivity index (χ2n) is 4.90. The van der Waals surface area contributed by atoms with Gasteiger partial charge < -0.3 is 14.7 Å². The Balaban J connectivity index is 2.46. The maximum absolute atomic E-state index is 12.0. The third-order valence-corrected chi connectivity index (χ3v) is 3.06. The van der Waals surface area contributed by atoms with Crippen molar-refractivity contribution in [1.82, 2.24) is 9.97 Å². The monoisotopic (exact) mass is 301 g/mol. The first kappa shape index (κ1) is 15.9. The van der Waals surface area contributed by atoms with Crippen LogP contribution in [0.4, 0.5) is 5.82 Å². The molecule has 0 spiro atoms. The summed E-state index contributed by atoms with van der Waals surface area (Å²) < 4.78 is 5.02. The van der Waals surface area contributed by atoms with Gasteiger partial charge in [-0.15, -0.1) is 0 Å². The minimum atomic E-state index is -0.443. The number of ether oxygens (including phenoxy) is 1. The molecule has 0 aliphatic heterocycles. The van der Waals surface area contributed by atoms with E-state index in [2.05, 4.69) is 9.97 Å². The predicted octanol–water partition coefficient (Wildman–Crippen LogP) is 1.88. The van der Waals surface area contributed by atoms with Crippen LogP contribution < -0.4 is 4.90 Å². The van der Waals surface area contributed by atoms with Crippen molar-refractivity contribution in [2.75, 3.05) is 25.6 Å². The van der Waals surface area contributed by atoms with E-state index in [-0.39, 0.29) is 6.61 Å². The van der Waals surface area contributed by atoms with Crippen molar-refractivity contribution in [1.29, 1.82) is 0 Å². The van der Waals surface area contributed by atoms with E-state index < -0.39 is 5.97 Å². The summed E-state index contributed by atoms with van der Waals surface area (Å²) in [6.45, 7) is 2.00. The van der Waals surface area contributed by atoms with Crippen LogP contribution in [0.2, 0.25) is 0 Å². The van der Waals surface area contributed by atoms with Crippen molar-refractivity contribution in [3.05, 3.63) is 41.6 Å². The quantitative estimate of drug-likeness (QED) is 0.850. The zero-order valence-corrected chi connectivity index (χ0v) is 12.9. The van der Waals surface area contributed by atoms with Crippen LogP contribution in [-0.4, -0.2) is 41.7 Å². The van der Waals surface area contributed by atoms with Crippen molar-refractivity contribution in [2.45, 2.75) is 13.5 Å². The Labute approximate surface area is 129 Å². The van der Waals surface area contributed by atoms with Crippen LogP contribution in [0.3, 0.4) is 0 Å². The van der Waals surface area contributed by atoms with Gasteiger partial charge in [0.1, 0.15) is 11.4 Å². The van der Waals surface area contributed by atoms with Crippen LogP contribution in [0.1, 0.15) is 22.8 Å². The molecule has 0 radical (unpaired) electrons. The molecule has 1 aromatic heterocycles. The molecule has 0 fully saturated rings. The van der Waals surface area contributed by atoms with Gasteiger partial charge in [0.25, 0.3) is 0 Å². The van der Waals surface area contributed by atoms with Gasteiger partial charge >= 0.3 is 5.97 Å². The Bertz CT molecular complexity index is 671. The first-order valence-corrected chi connectivity index (χ1v) is 6.98. The highest BCUT2D eigenvalue weighted by Crippen LogP contribution is 2.22. The average Bonchev–Trinajstić information content (AvgIpc) is 2.54. The Morgan fingerprint density at radius 3 is 2.77 bits per heavy atom. The highest BCUT2D eigenvalue weighted by molar-refractivity contribution is 5.94. The molecule has 22 heavy (non-hydrogen) atoms. The summed E-state index contributed by atoms with van der Waals surface area (Å²) in [5.41, 5.74) is 1.89. The largest absolute Gasteiger partial charge is 0.462 e. The summed E-state index contributed by atoms with van der Waals surface area (Å²) in [7, 11) is 3.61.